The molecule has 0 aromatic heterocycles. The van der Waals surface area contributed by atoms with Gasteiger partial charge in [-0.15, -0.1) is 0 Å². The number of benzene rings is 3. The third kappa shape index (κ3) is 4.24. The van der Waals surface area contributed by atoms with E-state index in [4.69, 9.17) is 9.47 Å². The van der Waals surface area contributed by atoms with Crippen molar-refractivity contribution in [2.45, 2.75) is 25.4 Å². The molecule has 1 fully saturated rings. The predicted octanol–water partition coefficient (Wildman–Crippen LogP) is 4.24. The van der Waals surface area contributed by atoms with Crippen molar-refractivity contribution in [1.82, 2.24) is 4.90 Å². The quantitative estimate of drug-likeness (QED) is 0.495. The molecular formula is C27H26N2O5. The number of anilines is 1. The number of rotatable bonds is 7. The topological polar surface area (TPSA) is 76.2 Å². The Balaban J connectivity index is 1.76. The van der Waals surface area contributed by atoms with Gasteiger partial charge in [-0.1, -0.05) is 48.5 Å². The molecule has 3 aromatic rings. The number of imide groups is 1. The molecule has 4 rings (SSSR count). The van der Waals surface area contributed by atoms with E-state index in [9.17, 15) is 14.4 Å². The fourth-order valence-corrected chi connectivity index (χ4v) is 4.28. The SMILES string of the molecule is COc1ccc(C(=O)N(C2CC(=O)N(c3ccccc3)C2=O)C(C)c2ccccc2)cc1OC. The van der Waals surface area contributed by atoms with E-state index >= 15 is 0 Å². The zero-order valence-electron chi connectivity index (χ0n) is 19.3. The van der Waals surface area contributed by atoms with E-state index in [1.807, 2.05) is 43.3 Å². The average Bonchev–Trinajstić information content (AvgIpc) is 3.17. The molecule has 3 aromatic carbocycles. The molecule has 0 spiro atoms. The van der Waals surface area contributed by atoms with E-state index in [1.54, 1.807) is 42.5 Å². The lowest BCUT2D eigenvalue weighted by Crippen LogP contribution is -2.46. The molecule has 1 saturated heterocycles. The highest BCUT2D eigenvalue weighted by Crippen LogP contribution is 2.34. The van der Waals surface area contributed by atoms with Gasteiger partial charge in [0.2, 0.25) is 5.91 Å². The number of para-hydroxylation sites is 1. The molecule has 1 heterocycles. The van der Waals surface area contributed by atoms with E-state index in [1.165, 1.54) is 19.1 Å². The monoisotopic (exact) mass is 458 g/mol. The maximum absolute atomic E-state index is 13.9. The van der Waals surface area contributed by atoms with Crippen LogP contribution in [0.15, 0.2) is 78.9 Å². The Morgan fingerprint density at radius 1 is 0.912 bits per heavy atom. The highest BCUT2D eigenvalue weighted by molar-refractivity contribution is 6.23. The van der Waals surface area contributed by atoms with Gasteiger partial charge in [0.15, 0.2) is 11.5 Å². The Hall–Kier alpha value is -4.13. The molecule has 0 N–H and O–H groups in total. The fourth-order valence-electron chi connectivity index (χ4n) is 4.28. The summed E-state index contributed by atoms with van der Waals surface area (Å²) < 4.78 is 10.7. The molecule has 7 nitrogen and oxygen atoms in total. The first-order valence-corrected chi connectivity index (χ1v) is 11.0. The summed E-state index contributed by atoms with van der Waals surface area (Å²) in [6.45, 7) is 1.86. The summed E-state index contributed by atoms with van der Waals surface area (Å²) in [5.74, 6) is -0.248. The molecule has 0 aliphatic carbocycles. The van der Waals surface area contributed by atoms with Crippen molar-refractivity contribution in [3.05, 3.63) is 90.0 Å². The van der Waals surface area contributed by atoms with Crippen LogP contribution in [0.5, 0.6) is 11.5 Å². The van der Waals surface area contributed by atoms with Gasteiger partial charge in [-0.2, -0.15) is 0 Å². The minimum Gasteiger partial charge on any atom is -0.493 e. The predicted molar refractivity (Wildman–Crippen MR) is 128 cm³/mol. The lowest BCUT2D eigenvalue weighted by atomic mass is 10.0. The first-order chi connectivity index (χ1) is 16.5. The molecule has 0 saturated carbocycles. The summed E-state index contributed by atoms with van der Waals surface area (Å²) in [7, 11) is 3.01. The second-order valence-corrected chi connectivity index (χ2v) is 7.99. The van der Waals surface area contributed by atoms with Crippen molar-refractivity contribution in [1.29, 1.82) is 0 Å². The Labute approximate surface area is 198 Å². The molecule has 2 atom stereocenters. The van der Waals surface area contributed by atoms with Crippen LogP contribution < -0.4 is 14.4 Å². The van der Waals surface area contributed by atoms with E-state index in [0.29, 0.717) is 22.7 Å². The standard InChI is InChI=1S/C27H26N2O5/c1-18(19-10-6-4-7-11-19)28(26(31)20-14-15-23(33-2)24(16-20)34-3)22-17-25(30)29(27(22)32)21-12-8-5-9-13-21/h4-16,18,22H,17H2,1-3H3. The summed E-state index contributed by atoms with van der Waals surface area (Å²) in [6, 6.07) is 21.7. The smallest absolute Gasteiger partial charge is 0.257 e. The normalized spacial score (nSPS) is 16.3. The minimum atomic E-state index is -0.941. The second-order valence-electron chi connectivity index (χ2n) is 7.99. The Bertz CT molecular complexity index is 1200. The number of methoxy groups -OCH3 is 2. The maximum Gasteiger partial charge on any atom is 0.257 e. The largest absolute Gasteiger partial charge is 0.493 e. The van der Waals surface area contributed by atoms with Crippen LogP contribution in [0.4, 0.5) is 5.69 Å². The molecule has 174 valence electrons. The van der Waals surface area contributed by atoms with Gasteiger partial charge in [-0.25, -0.2) is 4.90 Å². The van der Waals surface area contributed by atoms with E-state index in [0.717, 1.165) is 10.5 Å². The summed E-state index contributed by atoms with van der Waals surface area (Å²) in [6.07, 6.45) is -0.0933. The van der Waals surface area contributed by atoms with Crippen LogP contribution in [0.25, 0.3) is 0 Å². The third-order valence-corrected chi connectivity index (χ3v) is 6.04. The first-order valence-electron chi connectivity index (χ1n) is 11.0. The van der Waals surface area contributed by atoms with Crippen LogP contribution >= 0.6 is 0 Å². The molecule has 0 radical (unpaired) electrons. The number of amides is 3. The number of hydrogen-bond acceptors (Lipinski definition) is 5. The van der Waals surface area contributed by atoms with Gasteiger partial charge in [0, 0.05) is 5.56 Å². The molecule has 1 aliphatic rings. The fraction of sp³-hybridized carbons (Fsp3) is 0.222. The molecule has 0 bridgehead atoms. The van der Waals surface area contributed by atoms with Gasteiger partial charge >= 0.3 is 0 Å². The van der Waals surface area contributed by atoms with Crippen LogP contribution in [0.3, 0.4) is 0 Å². The van der Waals surface area contributed by atoms with Gasteiger partial charge < -0.3 is 14.4 Å². The second kappa shape index (κ2) is 9.79. The zero-order chi connectivity index (χ0) is 24.2. The van der Waals surface area contributed by atoms with Crippen LogP contribution in [-0.2, 0) is 9.59 Å². The summed E-state index contributed by atoms with van der Waals surface area (Å²) >= 11 is 0. The van der Waals surface area contributed by atoms with Crippen LogP contribution in [0.1, 0.15) is 35.3 Å². The Kier molecular flexibility index (Phi) is 6.63. The molecule has 3 amide bonds. The van der Waals surface area contributed by atoms with Crippen molar-refractivity contribution in [3.8, 4) is 11.5 Å². The molecule has 2 unspecified atom stereocenters. The maximum atomic E-state index is 13.9. The lowest BCUT2D eigenvalue weighted by molar-refractivity contribution is -0.122. The molecule has 7 heteroatoms. The summed E-state index contributed by atoms with van der Waals surface area (Å²) in [5.41, 5.74) is 1.68. The number of ether oxygens (including phenoxy) is 2. The van der Waals surface area contributed by atoms with Gasteiger partial charge in [-0.3, -0.25) is 14.4 Å². The van der Waals surface area contributed by atoms with Crippen molar-refractivity contribution < 1.29 is 23.9 Å². The Morgan fingerprint density at radius 3 is 2.15 bits per heavy atom. The minimum absolute atomic E-state index is 0.0933. The van der Waals surface area contributed by atoms with Crippen molar-refractivity contribution in [3.63, 3.8) is 0 Å². The van der Waals surface area contributed by atoms with Crippen LogP contribution in [-0.4, -0.2) is 42.9 Å². The average molecular weight is 459 g/mol. The number of nitrogens with zero attached hydrogens (tertiary/aromatic N) is 2. The van der Waals surface area contributed by atoms with Crippen LogP contribution in [0.2, 0.25) is 0 Å². The number of carbonyl (C=O) groups is 3. The van der Waals surface area contributed by atoms with Gasteiger partial charge in [0.05, 0.1) is 32.4 Å². The number of carbonyl (C=O) groups excluding carboxylic acids is 3. The molecular weight excluding hydrogens is 432 g/mol. The van der Waals surface area contributed by atoms with Gasteiger partial charge in [-0.05, 0) is 42.8 Å². The Morgan fingerprint density at radius 2 is 1.53 bits per heavy atom. The van der Waals surface area contributed by atoms with Crippen molar-refractivity contribution in [2.75, 3.05) is 19.1 Å². The highest BCUT2D eigenvalue weighted by Gasteiger charge is 2.46. The van der Waals surface area contributed by atoms with Crippen LogP contribution in [0, 0.1) is 0 Å². The van der Waals surface area contributed by atoms with E-state index < -0.39 is 18.0 Å². The zero-order valence-corrected chi connectivity index (χ0v) is 19.3. The third-order valence-electron chi connectivity index (χ3n) is 6.04. The van der Waals surface area contributed by atoms with E-state index in [2.05, 4.69) is 0 Å². The first kappa shape index (κ1) is 23.0. The van der Waals surface area contributed by atoms with E-state index in [-0.39, 0.29) is 18.2 Å². The molecule has 34 heavy (non-hydrogen) atoms. The van der Waals surface area contributed by atoms with Gasteiger partial charge in [0.25, 0.3) is 11.8 Å². The van der Waals surface area contributed by atoms with Crippen molar-refractivity contribution in [2.24, 2.45) is 0 Å². The number of hydrogen-bond donors (Lipinski definition) is 0. The lowest BCUT2D eigenvalue weighted by Gasteiger charge is -2.34. The van der Waals surface area contributed by atoms with Crippen molar-refractivity contribution >= 4 is 23.4 Å². The summed E-state index contributed by atoms with van der Waals surface area (Å²) in [4.78, 5) is 43.0. The van der Waals surface area contributed by atoms with Gasteiger partial charge in [0.1, 0.15) is 6.04 Å². The summed E-state index contributed by atoms with van der Waals surface area (Å²) in [5, 5.41) is 0. The highest BCUT2D eigenvalue weighted by atomic mass is 16.5. The molecule has 1 aliphatic heterocycles.